The lowest BCUT2D eigenvalue weighted by Gasteiger charge is -2.18. The highest BCUT2D eigenvalue weighted by molar-refractivity contribution is 8.00. The predicted molar refractivity (Wildman–Crippen MR) is 67.6 cm³/mol. The molecule has 1 saturated carbocycles. The molecule has 2 unspecified atom stereocenters. The van der Waals surface area contributed by atoms with E-state index >= 15 is 0 Å². The molecule has 1 aliphatic rings. The van der Waals surface area contributed by atoms with E-state index in [2.05, 4.69) is 17.3 Å². The summed E-state index contributed by atoms with van der Waals surface area (Å²) in [7, 11) is 2.09. The van der Waals surface area contributed by atoms with Crippen molar-refractivity contribution in [3.05, 3.63) is 11.6 Å². The van der Waals surface area contributed by atoms with Crippen LogP contribution < -0.4 is 5.32 Å². The summed E-state index contributed by atoms with van der Waals surface area (Å²) in [5, 5.41) is 5.49. The highest BCUT2D eigenvalue weighted by Crippen LogP contribution is 2.31. The quantitative estimate of drug-likeness (QED) is 0.803. The summed E-state index contributed by atoms with van der Waals surface area (Å²) in [6.07, 6.45) is 7.39. The van der Waals surface area contributed by atoms with E-state index in [-0.39, 0.29) is 0 Å². The summed E-state index contributed by atoms with van der Waals surface area (Å²) in [4.78, 5) is 4.29. The zero-order chi connectivity index (χ0) is 10.5. The van der Waals surface area contributed by atoms with Crippen molar-refractivity contribution in [3.8, 4) is 0 Å². The van der Waals surface area contributed by atoms with Gasteiger partial charge in [-0.25, -0.2) is 4.98 Å². The highest BCUT2D eigenvalue weighted by atomic mass is 32.2. The molecule has 0 radical (unpaired) electrons. The minimum atomic E-state index is 0.766. The lowest BCUT2D eigenvalue weighted by atomic mass is 10.0. The first-order valence-corrected chi connectivity index (χ1v) is 7.46. The molecule has 4 heteroatoms. The van der Waals surface area contributed by atoms with Gasteiger partial charge in [-0.1, -0.05) is 18.2 Å². The van der Waals surface area contributed by atoms with Crippen molar-refractivity contribution in [2.24, 2.45) is 5.92 Å². The van der Waals surface area contributed by atoms with Crippen LogP contribution in [0.2, 0.25) is 0 Å². The molecule has 1 fully saturated rings. The van der Waals surface area contributed by atoms with Crippen molar-refractivity contribution in [2.75, 3.05) is 12.8 Å². The molecule has 0 bridgehead atoms. The molecular weight excluding hydrogens is 224 g/mol. The van der Waals surface area contributed by atoms with Crippen LogP contribution in [0, 0.1) is 5.92 Å². The molecule has 0 saturated heterocycles. The number of hydrogen-bond donors (Lipinski definition) is 1. The Kier molecular flexibility index (Phi) is 4.47. The van der Waals surface area contributed by atoms with Gasteiger partial charge in [0.1, 0.15) is 4.34 Å². The smallest absolute Gasteiger partial charge is 0.149 e. The Balaban J connectivity index is 1.69. The van der Waals surface area contributed by atoms with E-state index in [1.807, 2.05) is 23.3 Å². The maximum atomic E-state index is 4.29. The summed E-state index contributed by atoms with van der Waals surface area (Å²) in [5.41, 5.74) is 0. The number of thiazole rings is 1. The van der Waals surface area contributed by atoms with Gasteiger partial charge in [-0.15, -0.1) is 11.3 Å². The van der Waals surface area contributed by atoms with Gasteiger partial charge in [0.25, 0.3) is 0 Å². The monoisotopic (exact) mass is 242 g/mol. The molecule has 1 aliphatic carbocycles. The molecule has 2 atom stereocenters. The molecule has 84 valence electrons. The lowest BCUT2D eigenvalue weighted by molar-refractivity contribution is 0.417. The van der Waals surface area contributed by atoms with E-state index in [4.69, 9.17) is 0 Å². The van der Waals surface area contributed by atoms with Crippen LogP contribution in [0.1, 0.15) is 25.7 Å². The van der Waals surface area contributed by atoms with Crippen molar-refractivity contribution in [3.63, 3.8) is 0 Å². The first-order chi connectivity index (χ1) is 7.40. The fraction of sp³-hybridized carbons (Fsp3) is 0.727. The van der Waals surface area contributed by atoms with E-state index in [0.717, 1.165) is 12.0 Å². The van der Waals surface area contributed by atoms with Gasteiger partial charge >= 0.3 is 0 Å². The summed E-state index contributed by atoms with van der Waals surface area (Å²) < 4.78 is 1.22. The summed E-state index contributed by atoms with van der Waals surface area (Å²) in [6, 6.07) is 0.766. The van der Waals surface area contributed by atoms with Crippen molar-refractivity contribution in [2.45, 2.75) is 36.1 Å². The van der Waals surface area contributed by atoms with Crippen molar-refractivity contribution in [1.82, 2.24) is 10.3 Å². The van der Waals surface area contributed by atoms with Gasteiger partial charge in [-0.3, -0.25) is 0 Å². The Morgan fingerprint density at radius 1 is 1.60 bits per heavy atom. The Morgan fingerprint density at radius 2 is 2.53 bits per heavy atom. The minimum absolute atomic E-state index is 0.766. The van der Waals surface area contributed by atoms with E-state index in [1.165, 1.54) is 35.8 Å². The minimum Gasteiger partial charge on any atom is -0.317 e. The average molecular weight is 242 g/mol. The van der Waals surface area contributed by atoms with Crippen molar-refractivity contribution >= 4 is 23.1 Å². The average Bonchev–Trinajstić information content (AvgIpc) is 2.88. The second-order valence-electron chi connectivity index (χ2n) is 4.02. The molecule has 0 aliphatic heterocycles. The molecule has 1 N–H and O–H groups in total. The highest BCUT2D eigenvalue weighted by Gasteiger charge is 2.25. The maximum absolute atomic E-state index is 4.29. The molecule has 0 spiro atoms. The van der Waals surface area contributed by atoms with Crippen LogP contribution in [0.5, 0.6) is 0 Å². The second-order valence-corrected chi connectivity index (χ2v) is 6.26. The van der Waals surface area contributed by atoms with Crippen LogP contribution in [0.3, 0.4) is 0 Å². The van der Waals surface area contributed by atoms with E-state index in [1.54, 1.807) is 11.3 Å². The van der Waals surface area contributed by atoms with Gasteiger partial charge in [-0.05, 0) is 32.2 Å². The molecule has 15 heavy (non-hydrogen) atoms. The summed E-state index contributed by atoms with van der Waals surface area (Å²) in [5.74, 6) is 2.11. The SMILES string of the molecule is CNC1CCCC1CCSc1nccs1. The number of nitrogens with zero attached hydrogens (tertiary/aromatic N) is 1. The normalized spacial score (nSPS) is 25.9. The van der Waals surface area contributed by atoms with E-state index in [9.17, 15) is 0 Å². The van der Waals surface area contributed by atoms with Crippen LogP contribution in [0.25, 0.3) is 0 Å². The number of nitrogens with one attached hydrogen (secondary N) is 1. The first-order valence-electron chi connectivity index (χ1n) is 5.59. The Labute approximate surface area is 99.9 Å². The zero-order valence-corrected chi connectivity index (χ0v) is 10.7. The van der Waals surface area contributed by atoms with Crippen LogP contribution >= 0.6 is 23.1 Å². The van der Waals surface area contributed by atoms with Gasteiger partial charge in [0.15, 0.2) is 0 Å². The van der Waals surface area contributed by atoms with Gasteiger partial charge in [0.2, 0.25) is 0 Å². The fourth-order valence-corrected chi connectivity index (χ4v) is 4.12. The van der Waals surface area contributed by atoms with Crippen LogP contribution in [0.4, 0.5) is 0 Å². The molecule has 1 heterocycles. The molecule has 0 amide bonds. The molecular formula is C11H18N2S2. The second kappa shape index (κ2) is 5.87. The predicted octanol–water partition coefficient (Wildman–Crippen LogP) is 3.01. The summed E-state index contributed by atoms with van der Waals surface area (Å²) >= 11 is 3.65. The standard InChI is InChI=1S/C11H18N2S2/c1-12-10-4-2-3-9(10)5-7-14-11-13-6-8-15-11/h6,8-10,12H,2-5,7H2,1H3. The molecule has 1 aromatic rings. The molecule has 0 aromatic carbocycles. The van der Waals surface area contributed by atoms with Crippen molar-refractivity contribution < 1.29 is 0 Å². The molecule has 2 rings (SSSR count). The third-order valence-electron chi connectivity index (χ3n) is 3.15. The lowest BCUT2D eigenvalue weighted by Crippen LogP contribution is -2.29. The van der Waals surface area contributed by atoms with Gasteiger partial charge < -0.3 is 5.32 Å². The molecule has 1 aromatic heterocycles. The first kappa shape index (κ1) is 11.4. The Hall–Kier alpha value is -0.0600. The summed E-state index contributed by atoms with van der Waals surface area (Å²) in [6.45, 7) is 0. The van der Waals surface area contributed by atoms with Crippen LogP contribution in [-0.2, 0) is 0 Å². The molecule has 2 nitrogen and oxygen atoms in total. The van der Waals surface area contributed by atoms with Crippen molar-refractivity contribution in [1.29, 1.82) is 0 Å². The maximum Gasteiger partial charge on any atom is 0.149 e. The third kappa shape index (κ3) is 3.20. The Bertz CT molecular complexity index is 274. The van der Waals surface area contributed by atoms with Gasteiger partial charge in [0, 0.05) is 23.4 Å². The van der Waals surface area contributed by atoms with E-state index in [0.29, 0.717) is 0 Å². The fourth-order valence-electron chi connectivity index (χ4n) is 2.34. The van der Waals surface area contributed by atoms with Crippen LogP contribution in [0.15, 0.2) is 15.9 Å². The number of hydrogen-bond acceptors (Lipinski definition) is 4. The number of aromatic nitrogens is 1. The number of rotatable bonds is 5. The Morgan fingerprint density at radius 3 is 3.27 bits per heavy atom. The van der Waals surface area contributed by atoms with Gasteiger partial charge in [-0.2, -0.15) is 0 Å². The number of thioether (sulfide) groups is 1. The van der Waals surface area contributed by atoms with E-state index < -0.39 is 0 Å². The topological polar surface area (TPSA) is 24.9 Å². The zero-order valence-electron chi connectivity index (χ0n) is 9.11. The van der Waals surface area contributed by atoms with Crippen LogP contribution in [-0.4, -0.2) is 23.8 Å². The van der Waals surface area contributed by atoms with Gasteiger partial charge in [0.05, 0.1) is 0 Å². The third-order valence-corrected chi connectivity index (χ3v) is 5.15. The largest absolute Gasteiger partial charge is 0.317 e.